The Labute approximate surface area is 88.0 Å². The summed E-state index contributed by atoms with van der Waals surface area (Å²) in [5.74, 6) is 0.753. The fourth-order valence-corrected chi connectivity index (χ4v) is 1.70. The van der Waals surface area contributed by atoms with E-state index in [-0.39, 0.29) is 0 Å². The number of nitrogens with two attached hydrogens (primary N) is 1. The molecule has 0 unspecified atom stereocenters. The van der Waals surface area contributed by atoms with Gasteiger partial charge in [-0.1, -0.05) is 30.3 Å². The van der Waals surface area contributed by atoms with Gasteiger partial charge >= 0.3 is 0 Å². The van der Waals surface area contributed by atoms with Crippen LogP contribution in [0.5, 0.6) is 0 Å². The predicted octanol–water partition coefficient (Wildman–Crippen LogP) is 2.99. The van der Waals surface area contributed by atoms with Crippen LogP contribution in [0.15, 0.2) is 40.8 Å². The normalized spacial score (nSPS) is 10.0. The Morgan fingerprint density at radius 3 is 2.46 bits per heavy atom. The third-order valence-corrected chi connectivity index (χ3v) is 2.94. The van der Waals surface area contributed by atoms with Crippen LogP contribution in [0.25, 0.3) is 0 Å². The van der Waals surface area contributed by atoms with Crippen LogP contribution in [0.1, 0.15) is 5.56 Å². The summed E-state index contributed by atoms with van der Waals surface area (Å²) in [5.41, 5.74) is 6.63. The average molecular weight is 214 g/mol. The van der Waals surface area contributed by atoms with Crippen molar-refractivity contribution in [2.45, 2.75) is 11.4 Å². The molecule has 0 aromatic heterocycles. The van der Waals surface area contributed by atoms with Gasteiger partial charge in [-0.05, 0) is 17.7 Å². The Kier molecular flexibility index (Phi) is 4.36. The van der Waals surface area contributed by atoms with E-state index >= 15 is 0 Å². The van der Waals surface area contributed by atoms with Crippen LogP contribution in [-0.2, 0) is 6.54 Å². The zero-order valence-electron chi connectivity index (χ0n) is 7.29. The van der Waals surface area contributed by atoms with E-state index < -0.39 is 0 Å². The third kappa shape index (κ3) is 3.85. The molecule has 1 aromatic carbocycles. The Balaban J connectivity index is 2.54. The second-order valence-electron chi connectivity index (χ2n) is 2.65. The predicted molar refractivity (Wildman–Crippen MR) is 60.1 cm³/mol. The van der Waals surface area contributed by atoms with Crippen molar-refractivity contribution in [1.29, 1.82) is 0 Å². The van der Waals surface area contributed by atoms with Crippen LogP contribution in [-0.4, -0.2) is 5.75 Å². The molecule has 0 atom stereocenters. The molecule has 1 rings (SSSR count). The minimum absolute atomic E-state index is 0.590. The Morgan fingerprint density at radius 2 is 2.00 bits per heavy atom. The summed E-state index contributed by atoms with van der Waals surface area (Å²) < 4.78 is 0. The first-order valence-electron chi connectivity index (χ1n) is 3.97. The number of hydrogen-bond acceptors (Lipinski definition) is 2. The monoisotopic (exact) mass is 213 g/mol. The maximum Gasteiger partial charge on any atom is 0.0334 e. The fraction of sp³-hybridized carbons (Fsp3) is 0.200. The first-order valence-corrected chi connectivity index (χ1v) is 5.34. The zero-order valence-corrected chi connectivity index (χ0v) is 8.87. The highest BCUT2D eigenvalue weighted by molar-refractivity contribution is 7.99. The van der Waals surface area contributed by atoms with Gasteiger partial charge in [0.2, 0.25) is 0 Å². The van der Waals surface area contributed by atoms with E-state index in [4.69, 9.17) is 17.3 Å². The third-order valence-electron chi connectivity index (χ3n) is 1.55. The SMILES string of the molecule is C=C(Cl)CSc1ccc(CN)cc1. The average Bonchev–Trinajstić information content (AvgIpc) is 2.15. The molecule has 13 heavy (non-hydrogen) atoms. The maximum absolute atomic E-state index is 5.65. The van der Waals surface area contributed by atoms with Gasteiger partial charge in [0.15, 0.2) is 0 Å². The number of hydrogen-bond donors (Lipinski definition) is 1. The number of rotatable bonds is 4. The van der Waals surface area contributed by atoms with Crippen molar-refractivity contribution >= 4 is 23.4 Å². The molecule has 0 heterocycles. The molecule has 0 fully saturated rings. The first-order chi connectivity index (χ1) is 6.22. The highest BCUT2D eigenvalue weighted by Crippen LogP contribution is 2.21. The Morgan fingerprint density at radius 1 is 1.38 bits per heavy atom. The number of thioether (sulfide) groups is 1. The van der Waals surface area contributed by atoms with E-state index in [1.807, 2.05) is 24.3 Å². The Bertz CT molecular complexity index is 281. The van der Waals surface area contributed by atoms with Crippen molar-refractivity contribution in [2.24, 2.45) is 5.73 Å². The molecule has 0 spiro atoms. The molecule has 0 amide bonds. The van der Waals surface area contributed by atoms with E-state index in [1.54, 1.807) is 11.8 Å². The minimum Gasteiger partial charge on any atom is -0.326 e. The lowest BCUT2D eigenvalue weighted by Crippen LogP contribution is -1.94. The summed E-state index contributed by atoms with van der Waals surface area (Å²) in [6.07, 6.45) is 0. The van der Waals surface area contributed by atoms with Crippen LogP contribution < -0.4 is 5.73 Å². The van der Waals surface area contributed by atoms with Crippen molar-refractivity contribution in [2.75, 3.05) is 5.75 Å². The molecule has 0 bridgehead atoms. The lowest BCUT2D eigenvalue weighted by atomic mass is 10.2. The lowest BCUT2D eigenvalue weighted by Gasteiger charge is -2.01. The second kappa shape index (κ2) is 5.32. The number of benzene rings is 1. The van der Waals surface area contributed by atoms with E-state index in [0.717, 1.165) is 11.3 Å². The van der Waals surface area contributed by atoms with Gasteiger partial charge < -0.3 is 5.73 Å². The summed E-state index contributed by atoms with van der Waals surface area (Å²) >= 11 is 7.33. The maximum atomic E-state index is 5.65. The standard InChI is InChI=1S/C10H12ClNS/c1-8(11)7-13-10-4-2-9(6-12)3-5-10/h2-5H,1,6-7,12H2. The first kappa shape index (κ1) is 10.6. The van der Waals surface area contributed by atoms with Gasteiger partial charge in [0.1, 0.15) is 0 Å². The van der Waals surface area contributed by atoms with Gasteiger partial charge in [0, 0.05) is 22.2 Å². The van der Waals surface area contributed by atoms with Crippen molar-refractivity contribution in [3.8, 4) is 0 Å². The van der Waals surface area contributed by atoms with Gasteiger partial charge in [-0.3, -0.25) is 0 Å². The van der Waals surface area contributed by atoms with E-state index in [9.17, 15) is 0 Å². The number of halogens is 1. The van der Waals surface area contributed by atoms with Gasteiger partial charge in [-0.2, -0.15) is 0 Å². The quantitative estimate of drug-likeness (QED) is 0.779. The van der Waals surface area contributed by atoms with Crippen LogP contribution in [0.3, 0.4) is 0 Å². The van der Waals surface area contributed by atoms with Crippen LogP contribution >= 0.6 is 23.4 Å². The molecule has 0 saturated carbocycles. The molecule has 0 aliphatic heterocycles. The summed E-state index contributed by atoms with van der Waals surface area (Å²) in [6, 6.07) is 8.15. The molecule has 70 valence electrons. The molecule has 0 radical (unpaired) electrons. The van der Waals surface area contributed by atoms with Gasteiger partial charge in [-0.15, -0.1) is 11.8 Å². The highest BCUT2D eigenvalue weighted by Gasteiger charge is 1.95. The van der Waals surface area contributed by atoms with E-state index in [0.29, 0.717) is 11.6 Å². The van der Waals surface area contributed by atoms with Crippen molar-refractivity contribution in [3.05, 3.63) is 41.4 Å². The van der Waals surface area contributed by atoms with E-state index in [2.05, 4.69) is 6.58 Å². The molecular weight excluding hydrogens is 202 g/mol. The largest absolute Gasteiger partial charge is 0.326 e. The lowest BCUT2D eigenvalue weighted by molar-refractivity contribution is 1.07. The van der Waals surface area contributed by atoms with Crippen LogP contribution in [0, 0.1) is 0 Å². The van der Waals surface area contributed by atoms with Crippen LogP contribution in [0.4, 0.5) is 0 Å². The summed E-state index contributed by atoms with van der Waals surface area (Å²) in [5, 5.41) is 0.674. The van der Waals surface area contributed by atoms with Gasteiger partial charge in [0.05, 0.1) is 0 Å². The van der Waals surface area contributed by atoms with Crippen molar-refractivity contribution in [3.63, 3.8) is 0 Å². The van der Waals surface area contributed by atoms with Crippen molar-refractivity contribution < 1.29 is 0 Å². The molecular formula is C10H12ClNS. The molecule has 1 nitrogen and oxygen atoms in total. The molecule has 0 aliphatic rings. The highest BCUT2D eigenvalue weighted by atomic mass is 35.5. The van der Waals surface area contributed by atoms with E-state index in [1.165, 1.54) is 4.90 Å². The minimum atomic E-state index is 0.590. The molecule has 0 saturated heterocycles. The zero-order chi connectivity index (χ0) is 9.68. The van der Waals surface area contributed by atoms with Crippen LogP contribution in [0.2, 0.25) is 0 Å². The fourth-order valence-electron chi connectivity index (χ4n) is 0.883. The molecule has 0 aliphatic carbocycles. The molecule has 3 heteroatoms. The van der Waals surface area contributed by atoms with Gasteiger partial charge in [-0.25, -0.2) is 0 Å². The topological polar surface area (TPSA) is 26.0 Å². The molecule has 2 N–H and O–H groups in total. The smallest absolute Gasteiger partial charge is 0.0334 e. The van der Waals surface area contributed by atoms with Crippen molar-refractivity contribution in [1.82, 2.24) is 0 Å². The molecule has 1 aromatic rings. The summed E-state index contributed by atoms with van der Waals surface area (Å²) in [4.78, 5) is 1.19. The van der Waals surface area contributed by atoms with Gasteiger partial charge in [0.25, 0.3) is 0 Å². The summed E-state index contributed by atoms with van der Waals surface area (Å²) in [7, 11) is 0. The Hall–Kier alpha value is -0.440. The second-order valence-corrected chi connectivity index (χ2v) is 4.24. The summed E-state index contributed by atoms with van der Waals surface area (Å²) in [6.45, 7) is 4.22.